The Kier molecular flexibility index (Phi) is 5.87. The first-order valence-corrected chi connectivity index (χ1v) is 9.34. The molecule has 2 nitrogen and oxygen atoms in total. The van der Waals surface area contributed by atoms with Gasteiger partial charge in [-0.25, -0.2) is 0 Å². The molecule has 21 heavy (non-hydrogen) atoms. The molecule has 3 heteroatoms. The first kappa shape index (κ1) is 17.0. The quantitative estimate of drug-likeness (QED) is 0.825. The van der Waals surface area contributed by atoms with Gasteiger partial charge in [0.1, 0.15) is 0 Å². The summed E-state index contributed by atoms with van der Waals surface area (Å²) in [6.45, 7) is 8.04. The van der Waals surface area contributed by atoms with E-state index in [4.69, 9.17) is 0 Å². The molecule has 0 amide bonds. The summed E-state index contributed by atoms with van der Waals surface area (Å²) in [5.74, 6) is 0.883. The fourth-order valence-electron chi connectivity index (χ4n) is 3.83. The van der Waals surface area contributed by atoms with Crippen molar-refractivity contribution in [1.82, 2.24) is 10.2 Å². The number of hydrogen-bond donors (Lipinski definition) is 1. The average Bonchev–Trinajstić information content (AvgIpc) is 2.87. The van der Waals surface area contributed by atoms with Crippen molar-refractivity contribution in [1.29, 1.82) is 0 Å². The lowest BCUT2D eigenvalue weighted by molar-refractivity contribution is 0.0428. The molecule has 0 saturated heterocycles. The predicted molar refractivity (Wildman–Crippen MR) is 94.1 cm³/mol. The van der Waals surface area contributed by atoms with E-state index in [1.54, 1.807) is 0 Å². The van der Waals surface area contributed by atoms with Crippen molar-refractivity contribution >= 4 is 11.3 Å². The summed E-state index contributed by atoms with van der Waals surface area (Å²) >= 11 is 1.88. The van der Waals surface area contributed by atoms with Crippen LogP contribution in [0, 0.1) is 12.8 Å². The largest absolute Gasteiger partial charge is 0.308 e. The Morgan fingerprint density at radius 1 is 1.38 bits per heavy atom. The Labute approximate surface area is 134 Å². The van der Waals surface area contributed by atoms with Gasteiger partial charge in [-0.2, -0.15) is 0 Å². The molecule has 0 aliphatic heterocycles. The minimum absolute atomic E-state index is 0.271. The van der Waals surface area contributed by atoms with E-state index in [1.165, 1.54) is 42.5 Å². The Morgan fingerprint density at radius 3 is 2.52 bits per heavy atom. The second-order valence-electron chi connectivity index (χ2n) is 7.00. The maximum atomic E-state index is 3.88. The number of rotatable bonds is 6. The molecule has 0 bridgehead atoms. The van der Waals surface area contributed by atoms with E-state index in [9.17, 15) is 0 Å². The minimum atomic E-state index is 0.271. The normalized spacial score (nSPS) is 28.0. The highest BCUT2D eigenvalue weighted by atomic mass is 32.1. The summed E-state index contributed by atoms with van der Waals surface area (Å²) in [7, 11) is 4.55. The smallest absolute Gasteiger partial charge is 0.0517 e. The lowest BCUT2D eigenvalue weighted by Crippen LogP contribution is -2.55. The predicted octanol–water partition coefficient (Wildman–Crippen LogP) is 4.61. The van der Waals surface area contributed by atoms with E-state index < -0.39 is 0 Å². The van der Waals surface area contributed by atoms with Crippen molar-refractivity contribution in [3.8, 4) is 0 Å². The van der Waals surface area contributed by atoms with Gasteiger partial charge in [-0.3, -0.25) is 0 Å². The third kappa shape index (κ3) is 3.52. The molecule has 1 N–H and O–H groups in total. The van der Waals surface area contributed by atoms with Crippen molar-refractivity contribution in [2.45, 2.75) is 64.5 Å². The van der Waals surface area contributed by atoms with Gasteiger partial charge in [0.25, 0.3) is 0 Å². The highest BCUT2D eigenvalue weighted by Gasteiger charge is 2.44. The molecule has 2 rings (SSSR count). The van der Waals surface area contributed by atoms with Crippen molar-refractivity contribution in [3.05, 3.63) is 21.9 Å². The summed E-state index contributed by atoms with van der Waals surface area (Å²) in [5, 5.41) is 6.13. The molecule has 1 aliphatic carbocycles. The van der Waals surface area contributed by atoms with Crippen LogP contribution in [-0.4, -0.2) is 31.1 Å². The summed E-state index contributed by atoms with van der Waals surface area (Å²) < 4.78 is 0. The maximum absolute atomic E-state index is 3.88. The van der Waals surface area contributed by atoms with Crippen LogP contribution in [0.1, 0.15) is 62.4 Å². The SMILES string of the molecule is CCCNC(c1ccsc1C)C1(N(C)C)CCC(C)CC1. The number of aryl methyl sites for hydroxylation is 1. The minimum Gasteiger partial charge on any atom is -0.308 e. The average molecular weight is 309 g/mol. The topological polar surface area (TPSA) is 15.3 Å². The van der Waals surface area contributed by atoms with Gasteiger partial charge in [-0.05, 0) is 82.6 Å². The van der Waals surface area contributed by atoms with Crippen LogP contribution >= 0.6 is 11.3 Å². The summed E-state index contributed by atoms with van der Waals surface area (Å²) in [5.41, 5.74) is 1.80. The van der Waals surface area contributed by atoms with Gasteiger partial charge in [0, 0.05) is 10.4 Å². The zero-order chi connectivity index (χ0) is 15.5. The van der Waals surface area contributed by atoms with Crippen LogP contribution in [0.25, 0.3) is 0 Å². The van der Waals surface area contributed by atoms with Gasteiger partial charge in [0.15, 0.2) is 0 Å². The van der Waals surface area contributed by atoms with Crippen LogP contribution in [0.3, 0.4) is 0 Å². The van der Waals surface area contributed by atoms with Crippen LogP contribution in [0.4, 0.5) is 0 Å². The standard InChI is InChI=1S/C18H32N2S/c1-6-12-19-17(16-9-13-21-15(16)3)18(20(4)5)10-7-14(2)8-11-18/h9,13-14,17,19H,6-8,10-12H2,1-5H3. The van der Waals surface area contributed by atoms with E-state index in [1.807, 2.05) is 11.3 Å². The second kappa shape index (κ2) is 7.26. The number of hydrogen-bond acceptors (Lipinski definition) is 3. The molecule has 1 aliphatic rings. The number of nitrogens with one attached hydrogen (secondary N) is 1. The van der Waals surface area contributed by atoms with Gasteiger partial charge in [0.2, 0.25) is 0 Å². The zero-order valence-corrected chi connectivity index (χ0v) is 15.2. The highest BCUT2D eigenvalue weighted by molar-refractivity contribution is 7.10. The van der Waals surface area contributed by atoms with Crippen LogP contribution in [0.5, 0.6) is 0 Å². The fraction of sp³-hybridized carbons (Fsp3) is 0.778. The molecule has 0 aromatic carbocycles. The van der Waals surface area contributed by atoms with Gasteiger partial charge >= 0.3 is 0 Å². The molecule has 1 atom stereocenters. The van der Waals surface area contributed by atoms with Crippen molar-refractivity contribution < 1.29 is 0 Å². The second-order valence-corrected chi connectivity index (χ2v) is 8.12. The maximum Gasteiger partial charge on any atom is 0.0517 e. The third-order valence-electron chi connectivity index (χ3n) is 5.38. The molecule has 120 valence electrons. The summed E-state index contributed by atoms with van der Waals surface area (Å²) in [4.78, 5) is 3.98. The molecule has 1 unspecified atom stereocenters. The number of likely N-dealkylation sites (N-methyl/N-ethyl adjacent to an activating group) is 1. The van der Waals surface area contributed by atoms with Crippen molar-refractivity contribution in [2.75, 3.05) is 20.6 Å². The first-order valence-electron chi connectivity index (χ1n) is 8.46. The van der Waals surface area contributed by atoms with Crippen molar-refractivity contribution in [2.24, 2.45) is 5.92 Å². The summed E-state index contributed by atoms with van der Waals surface area (Å²) in [6.07, 6.45) is 6.51. The molecule has 0 radical (unpaired) electrons. The van der Waals surface area contributed by atoms with E-state index in [-0.39, 0.29) is 5.54 Å². The van der Waals surface area contributed by atoms with Gasteiger partial charge in [-0.15, -0.1) is 11.3 Å². The first-order chi connectivity index (χ1) is 10.0. The van der Waals surface area contributed by atoms with Crippen LogP contribution < -0.4 is 5.32 Å². The van der Waals surface area contributed by atoms with Crippen LogP contribution in [-0.2, 0) is 0 Å². The Morgan fingerprint density at radius 2 is 2.05 bits per heavy atom. The van der Waals surface area contributed by atoms with Crippen LogP contribution in [0.2, 0.25) is 0 Å². The van der Waals surface area contributed by atoms with E-state index >= 15 is 0 Å². The molecular weight excluding hydrogens is 276 g/mol. The summed E-state index contributed by atoms with van der Waals surface area (Å²) in [6, 6.07) is 2.81. The molecule has 0 spiro atoms. The van der Waals surface area contributed by atoms with Gasteiger partial charge < -0.3 is 10.2 Å². The monoisotopic (exact) mass is 308 g/mol. The van der Waals surface area contributed by atoms with Crippen molar-refractivity contribution in [3.63, 3.8) is 0 Å². The lowest BCUT2D eigenvalue weighted by Gasteiger charge is -2.50. The van der Waals surface area contributed by atoms with Gasteiger partial charge in [-0.1, -0.05) is 13.8 Å². The Bertz CT molecular complexity index is 430. The molecule has 1 heterocycles. The third-order valence-corrected chi connectivity index (χ3v) is 6.24. The zero-order valence-electron chi connectivity index (χ0n) is 14.4. The Balaban J connectivity index is 2.34. The molecule has 1 saturated carbocycles. The fourth-order valence-corrected chi connectivity index (χ4v) is 4.57. The Hall–Kier alpha value is -0.380. The molecular formula is C18H32N2S. The molecule has 1 aromatic rings. The van der Waals surface area contributed by atoms with E-state index in [2.05, 4.69) is 56.5 Å². The van der Waals surface area contributed by atoms with E-state index in [0.717, 1.165) is 12.5 Å². The van der Waals surface area contributed by atoms with Crippen LogP contribution in [0.15, 0.2) is 11.4 Å². The van der Waals surface area contributed by atoms with E-state index in [0.29, 0.717) is 6.04 Å². The van der Waals surface area contributed by atoms with Gasteiger partial charge in [0.05, 0.1) is 6.04 Å². The highest BCUT2D eigenvalue weighted by Crippen LogP contribution is 2.45. The lowest BCUT2D eigenvalue weighted by atomic mass is 9.70. The molecule has 1 fully saturated rings. The number of nitrogens with zero attached hydrogens (tertiary/aromatic N) is 1. The molecule has 1 aromatic heterocycles. The number of thiophene rings is 1.